The summed E-state index contributed by atoms with van der Waals surface area (Å²) in [7, 11) is 1.65. The molecule has 0 radical (unpaired) electrons. The topological polar surface area (TPSA) is 56.5 Å². The van der Waals surface area contributed by atoms with Gasteiger partial charge >= 0.3 is 0 Å². The van der Waals surface area contributed by atoms with Crippen LogP contribution in [0.4, 0.5) is 0 Å². The monoisotopic (exact) mass is 417 g/mol. The van der Waals surface area contributed by atoms with Gasteiger partial charge in [-0.3, -0.25) is 4.79 Å². The molecule has 2 aromatic carbocycles. The molecule has 0 fully saturated rings. The molecule has 0 saturated carbocycles. The Kier molecular flexibility index (Phi) is 4.85. The number of carbonyl (C=O) groups is 1. The van der Waals surface area contributed by atoms with Gasteiger partial charge in [0.1, 0.15) is 0 Å². The van der Waals surface area contributed by atoms with Gasteiger partial charge in [-0.2, -0.15) is 5.10 Å². The number of ether oxygens (including phenoxy) is 1. The number of fused-ring (bicyclic) bond motifs is 2. The van der Waals surface area contributed by atoms with Crippen LogP contribution in [0.3, 0.4) is 0 Å². The molecule has 0 amide bonds. The van der Waals surface area contributed by atoms with E-state index in [1.54, 1.807) is 11.6 Å². The summed E-state index contributed by atoms with van der Waals surface area (Å²) in [6.45, 7) is 0.375. The molecular formula is C24H20ClN3O2. The number of rotatable bonds is 4. The average molecular weight is 418 g/mol. The van der Waals surface area contributed by atoms with E-state index in [1.807, 2.05) is 60.8 Å². The molecule has 5 nitrogen and oxygen atoms in total. The summed E-state index contributed by atoms with van der Waals surface area (Å²) in [5, 5.41) is 5.36. The van der Waals surface area contributed by atoms with Crippen molar-refractivity contribution in [3.05, 3.63) is 88.3 Å². The first kappa shape index (κ1) is 19.0. The van der Waals surface area contributed by atoms with Gasteiger partial charge in [0.05, 0.1) is 29.1 Å². The van der Waals surface area contributed by atoms with Crippen LogP contribution in [0, 0.1) is 0 Å². The highest BCUT2D eigenvalue weighted by atomic mass is 35.5. The van der Waals surface area contributed by atoms with Crippen LogP contribution in [-0.4, -0.2) is 27.5 Å². The van der Waals surface area contributed by atoms with E-state index in [9.17, 15) is 4.79 Å². The van der Waals surface area contributed by atoms with Gasteiger partial charge in [-0.15, -0.1) is 0 Å². The second kappa shape index (κ2) is 7.67. The molecular weight excluding hydrogens is 398 g/mol. The van der Waals surface area contributed by atoms with Crippen LogP contribution in [0.2, 0.25) is 5.02 Å². The van der Waals surface area contributed by atoms with Crippen LogP contribution in [-0.2, 0) is 17.8 Å². The highest BCUT2D eigenvalue weighted by Gasteiger charge is 2.29. The maximum atomic E-state index is 12.9. The predicted octanol–water partition coefficient (Wildman–Crippen LogP) is 5.11. The molecule has 5 rings (SSSR count). The fourth-order valence-corrected chi connectivity index (χ4v) is 4.32. The molecule has 0 saturated heterocycles. The zero-order valence-electron chi connectivity index (χ0n) is 16.5. The Morgan fingerprint density at radius 2 is 1.87 bits per heavy atom. The normalized spacial score (nSPS) is 16.1. The van der Waals surface area contributed by atoms with Gasteiger partial charge in [0, 0.05) is 24.8 Å². The number of benzene rings is 2. The van der Waals surface area contributed by atoms with Crippen molar-refractivity contribution in [2.24, 2.45) is 0 Å². The maximum absolute atomic E-state index is 12.9. The molecule has 4 aromatic rings. The highest BCUT2D eigenvalue weighted by Crippen LogP contribution is 2.35. The van der Waals surface area contributed by atoms with Crippen molar-refractivity contribution in [2.45, 2.75) is 25.4 Å². The van der Waals surface area contributed by atoms with Crippen LogP contribution >= 0.6 is 11.6 Å². The summed E-state index contributed by atoms with van der Waals surface area (Å²) >= 11 is 6.03. The van der Waals surface area contributed by atoms with Crippen LogP contribution in [0.25, 0.3) is 16.8 Å². The van der Waals surface area contributed by atoms with Crippen LogP contribution in [0.15, 0.2) is 60.8 Å². The third kappa shape index (κ3) is 3.30. The van der Waals surface area contributed by atoms with Crippen molar-refractivity contribution < 1.29 is 9.53 Å². The number of Topliss-reactive ketones (excluding diaryl/α,β-unsaturated/α-hetero) is 1. The molecule has 2 heterocycles. The van der Waals surface area contributed by atoms with Gasteiger partial charge in [-0.25, -0.2) is 9.50 Å². The highest BCUT2D eigenvalue weighted by molar-refractivity contribution is 6.30. The SMILES string of the molecule is COCc1nn2cc3c(nc2c1-c1ccccc1)CC(c1ccc(Cl)cc1)CC3=O. The van der Waals surface area contributed by atoms with Crippen molar-refractivity contribution in [3.8, 4) is 11.1 Å². The van der Waals surface area contributed by atoms with Crippen molar-refractivity contribution in [1.82, 2.24) is 14.6 Å². The van der Waals surface area contributed by atoms with Gasteiger partial charge in [-0.05, 0) is 35.6 Å². The van der Waals surface area contributed by atoms with Gasteiger partial charge in [-0.1, -0.05) is 54.1 Å². The van der Waals surface area contributed by atoms with E-state index in [2.05, 4.69) is 5.10 Å². The fraction of sp³-hybridized carbons (Fsp3) is 0.208. The Balaban J connectivity index is 1.64. The van der Waals surface area contributed by atoms with E-state index < -0.39 is 0 Å². The minimum Gasteiger partial charge on any atom is -0.378 e. The minimum atomic E-state index is 0.0932. The van der Waals surface area contributed by atoms with E-state index >= 15 is 0 Å². The first-order valence-corrected chi connectivity index (χ1v) is 10.3. The lowest BCUT2D eigenvalue weighted by atomic mass is 9.82. The molecule has 150 valence electrons. The van der Waals surface area contributed by atoms with Crippen molar-refractivity contribution >= 4 is 23.0 Å². The lowest BCUT2D eigenvalue weighted by molar-refractivity contribution is 0.0962. The smallest absolute Gasteiger partial charge is 0.166 e. The molecule has 1 aliphatic carbocycles. The van der Waals surface area contributed by atoms with E-state index in [1.165, 1.54) is 0 Å². The number of carbonyl (C=O) groups excluding carboxylic acids is 1. The van der Waals surface area contributed by atoms with Crippen LogP contribution in [0.1, 0.15) is 39.6 Å². The summed E-state index contributed by atoms with van der Waals surface area (Å²) in [5.74, 6) is 0.189. The van der Waals surface area contributed by atoms with Crippen molar-refractivity contribution in [3.63, 3.8) is 0 Å². The molecule has 30 heavy (non-hydrogen) atoms. The largest absolute Gasteiger partial charge is 0.378 e. The number of ketones is 1. The number of hydrogen-bond donors (Lipinski definition) is 0. The second-order valence-electron chi connectivity index (χ2n) is 7.57. The van der Waals surface area contributed by atoms with E-state index in [0.717, 1.165) is 33.7 Å². The maximum Gasteiger partial charge on any atom is 0.166 e. The Morgan fingerprint density at radius 3 is 2.60 bits per heavy atom. The molecule has 0 spiro atoms. The summed E-state index contributed by atoms with van der Waals surface area (Å²) in [5.41, 5.74) is 6.11. The summed E-state index contributed by atoms with van der Waals surface area (Å²) in [6, 6.07) is 17.8. The Labute approximate surface area is 179 Å². The van der Waals surface area contributed by atoms with Crippen LogP contribution < -0.4 is 0 Å². The van der Waals surface area contributed by atoms with E-state index in [4.69, 9.17) is 21.3 Å². The van der Waals surface area contributed by atoms with Crippen molar-refractivity contribution in [2.75, 3.05) is 7.11 Å². The van der Waals surface area contributed by atoms with Gasteiger partial charge in [0.2, 0.25) is 0 Å². The summed E-state index contributed by atoms with van der Waals surface area (Å²) in [6.07, 6.45) is 2.99. The molecule has 2 aromatic heterocycles. The zero-order valence-corrected chi connectivity index (χ0v) is 17.3. The Bertz CT molecular complexity index is 1230. The molecule has 6 heteroatoms. The van der Waals surface area contributed by atoms with Gasteiger partial charge in [0.25, 0.3) is 0 Å². The van der Waals surface area contributed by atoms with E-state index in [0.29, 0.717) is 30.0 Å². The molecule has 1 atom stereocenters. The van der Waals surface area contributed by atoms with Gasteiger partial charge < -0.3 is 4.74 Å². The fourth-order valence-electron chi connectivity index (χ4n) is 4.19. The zero-order chi connectivity index (χ0) is 20.7. The third-order valence-electron chi connectivity index (χ3n) is 5.62. The average Bonchev–Trinajstić information content (AvgIpc) is 3.10. The first-order valence-electron chi connectivity index (χ1n) is 9.88. The summed E-state index contributed by atoms with van der Waals surface area (Å²) < 4.78 is 7.09. The lowest BCUT2D eigenvalue weighted by Crippen LogP contribution is -2.21. The Hall–Kier alpha value is -3.02. The minimum absolute atomic E-state index is 0.0932. The number of nitrogens with zero attached hydrogens (tertiary/aromatic N) is 3. The second-order valence-corrected chi connectivity index (χ2v) is 8.01. The third-order valence-corrected chi connectivity index (χ3v) is 5.87. The molecule has 0 bridgehead atoms. The quantitative estimate of drug-likeness (QED) is 0.463. The lowest BCUT2D eigenvalue weighted by Gasteiger charge is -2.23. The molecule has 1 unspecified atom stereocenters. The number of halogens is 1. The Morgan fingerprint density at radius 1 is 1.10 bits per heavy atom. The first-order chi connectivity index (χ1) is 14.6. The van der Waals surface area contributed by atoms with Crippen LogP contribution in [0.5, 0.6) is 0 Å². The van der Waals surface area contributed by atoms with Gasteiger partial charge in [0.15, 0.2) is 11.4 Å². The predicted molar refractivity (Wildman–Crippen MR) is 116 cm³/mol. The summed E-state index contributed by atoms with van der Waals surface area (Å²) in [4.78, 5) is 17.9. The number of methoxy groups -OCH3 is 1. The van der Waals surface area contributed by atoms with E-state index in [-0.39, 0.29) is 11.7 Å². The van der Waals surface area contributed by atoms with Crippen molar-refractivity contribution in [1.29, 1.82) is 0 Å². The standard InChI is InChI=1S/C24H20ClN3O2/c1-30-14-21-23(16-5-3-2-4-6-16)24-26-20-11-17(15-7-9-18(25)10-8-15)12-22(29)19(20)13-28(24)27-21/h2-10,13,17H,11-12,14H2,1H3. The molecule has 0 N–H and O–H groups in total. The number of hydrogen-bond acceptors (Lipinski definition) is 4. The number of aromatic nitrogens is 3. The molecule has 1 aliphatic rings. The molecule has 0 aliphatic heterocycles.